The zero-order chi connectivity index (χ0) is 13.8. The second-order valence-corrected chi connectivity index (χ2v) is 4.49. The molecule has 0 saturated heterocycles. The SMILES string of the molecule is CC.CNC(=O)c1coc2c1C=CC(C)(C)C=C2. The zero-order valence-electron chi connectivity index (χ0n) is 11.7. The lowest BCUT2D eigenvalue weighted by Crippen LogP contribution is -2.17. The molecule has 1 aliphatic rings. The van der Waals surface area contributed by atoms with Crippen LogP contribution in [0.1, 0.15) is 49.4 Å². The van der Waals surface area contributed by atoms with Gasteiger partial charge in [-0.15, -0.1) is 0 Å². The van der Waals surface area contributed by atoms with Gasteiger partial charge in [-0.1, -0.05) is 45.9 Å². The maximum absolute atomic E-state index is 11.6. The minimum atomic E-state index is -0.122. The van der Waals surface area contributed by atoms with E-state index in [0.29, 0.717) is 5.56 Å². The van der Waals surface area contributed by atoms with Gasteiger partial charge in [-0.3, -0.25) is 4.79 Å². The lowest BCUT2D eigenvalue weighted by molar-refractivity contribution is 0.0962. The highest BCUT2D eigenvalue weighted by atomic mass is 16.3. The lowest BCUT2D eigenvalue weighted by atomic mass is 9.93. The normalized spacial score (nSPS) is 15.2. The van der Waals surface area contributed by atoms with Gasteiger partial charge in [0, 0.05) is 18.0 Å². The van der Waals surface area contributed by atoms with E-state index < -0.39 is 0 Å². The zero-order valence-corrected chi connectivity index (χ0v) is 11.7. The van der Waals surface area contributed by atoms with Crippen molar-refractivity contribution in [3.8, 4) is 0 Å². The van der Waals surface area contributed by atoms with Crippen molar-refractivity contribution < 1.29 is 9.21 Å². The fraction of sp³-hybridized carbons (Fsp3) is 0.400. The van der Waals surface area contributed by atoms with Gasteiger partial charge in [-0.05, 0) is 6.08 Å². The van der Waals surface area contributed by atoms with Crippen molar-refractivity contribution in [3.63, 3.8) is 0 Å². The molecule has 0 aromatic carbocycles. The number of nitrogens with one attached hydrogen (secondary N) is 1. The summed E-state index contributed by atoms with van der Waals surface area (Å²) < 4.78 is 5.38. The number of carbonyl (C=O) groups excluding carboxylic acids is 1. The smallest absolute Gasteiger partial charge is 0.254 e. The number of carbonyl (C=O) groups is 1. The first-order valence-corrected chi connectivity index (χ1v) is 6.25. The number of amides is 1. The van der Waals surface area contributed by atoms with Gasteiger partial charge in [-0.25, -0.2) is 0 Å². The Morgan fingerprint density at radius 3 is 2.44 bits per heavy atom. The summed E-state index contributed by atoms with van der Waals surface area (Å²) in [6.45, 7) is 8.21. The minimum Gasteiger partial charge on any atom is -0.463 e. The Bertz CT molecular complexity index is 479. The summed E-state index contributed by atoms with van der Waals surface area (Å²) in [5.41, 5.74) is 1.42. The van der Waals surface area contributed by atoms with Crippen LogP contribution < -0.4 is 5.32 Å². The molecule has 0 spiro atoms. The van der Waals surface area contributed by atoms with E-state index in [1.54, 1.807) is 7.05 Å². The molecule has 1 heterocycles. The number of hydrogen-bond acceptors (Lipinski definition) is 2. The molecule has 3 heteroatoms. The van der Waals surface area contributed by atoms with Gasteiger partial charge < -0.3 is 9.73 Å². The molecule has 18 heavy (non-hydrogen) atoms. The third-order valence-corrected chi connectivity index (χ3v) is 2.67. The molecule has 1 aromatic rings. The molecule has 0 atom stereocenters. The van der Waals surface area contributed by atoms with Crippen LogP contribution in [0.2, 0.25) is 0 Å². The molecular weight excluding hydrogens is 226 g/mol. The maximum atomic E-state index is 11.6. The van der Waals surface area contributed by atoms with Gasteiger partial charge in [0.15, 0.2) is 0 Å². The van der Waals surface area contributed by atoms with Crippen LogP contribution in [0.4, 0.5) is 0 Å². The molecule has 0 fully saturated rings. The lowest BCUT2D eigenvalue weighted by Gasteiger charge is -2.12. The minimum absolute atomic E-state index is 0.0124. The van der Waals surface area contributed by atoms with E-state index >= 15 is 0 Å². The Morgan fingerprint density at radius 1 is 1.22 bits per heavy atom. The van der Waals surface area contributed by atoms with Crippen molar-refractivity contribution in [1.29, 1.82) is 0 Å². The Hall–Kier alpha value is -1.77. The summed E-state index contributed by atoms with van der Waals surface area (Å²) in [4.78, 5) is 11.6. The van der Waals surface area contributed by atoms with Crippen LogP contribution in [-0.4, -0.2) is 13.0 Å². The van der Waals surface area contributed by atoms with Gasteiger partial charge in [0.25, 0.3) is 5.91 Å². The van der Waals surface area contributed by atoms with E-state index in [-0.39, 0.29) is 11.3 Å². The van der Waals surface area contributed by atoms with Crippen LogP contribution in [0, 0.1) is 5.41 Å². The van der Waals surface area contributed by atoms with Crippen LogP contribution in [0.15, 0.2) is 22.8 Å². The standard InChI is InChI=1S/C13H15NO2.C2H6/c1-13(2)6-4-9-10(12(15)14-3)8-16-11(9)5-7-13;1-2/h4-8H,1-3H3,(H,14,15);1-2H3. The average Bonchev–Trinajstić information content (AvgIpc) is 2.72. The summed E-state index contributed by atoms with van der Waals surface area (Å²) in [5.74, 6) is 0.614. The molecule has 0 unspecified atom stereocenters. The van der Waals surface area contributed by atoms with E-state index in [2.05, 4.69) is 31.3 Å². The summed E-state index contributed by atoms with van der Waals surface area (Å²) in [7, 11) is 1.61. The molecule has 1 aliphatic carbocycles. The molecule has 1 amide bonds. The Kier molecular flexibility index (Phi) is 4.54. The highest BCUT2D eigenvalue weighted by Gasteiger charge is 2.19. The number of hydrogen-bond donors (Lipinski definition) is 1. The Balaban J connectivity index is 0.000000771. The van der Waals surface area contributed by atoms with Crippen LogP contribution in [0.25, 0.3) is 12.2 Å². The van der Waals surface area contributed by atoms with Crippen molar-refractivity contribution in [1.82, 2.24) is 5.32 Å². The highest BCUT2D eigenvalue weighted by Crippen LogP contribution is 2.30. The van der Waals surface area contributed by atoms with Gasteiger partial charge in [0.1, 0.15) is 12.0 Å². The molecule has 98 valence electrons. The topological polar surface area (TPSA) is 42.2 Å². The Labute approximate surface area is 109 Å². The van der Waals surface area contributed by atoms with Crippen molar-refractivity contribution >= 4 is 18.1 Å². The summed E-state index contributed by atoms with van der Waals surface area (Å²) in [5, 5.41) is 2.60. The van der Waals surface area contributed by atoms with Crippen LogP contribution in [-0.2, 0) is 0 Å². The number of furan rings is 1. The van der Waals surface area contributed by atoms with Crippen LogP contribution in [0.5, 0.6) is 0 Å². The average molecular weight is 247 g/mol. The molecule has 2 rings (SSSR count). The van der Waals surface area contributed by atoms with E-state index in [1.165, 1.54) is 6.26 Å². The molecule has 3 nitrogen and oxygen atoms in total. The van der Waals surface area contributed by atoms with E-state index in [9.17, 15) is 4.79 Å². The fourth-order valence-corrected chi connectivity index (χ4v) is 1.64. The predicted molar refractivity (Wildman–Crippen MR) is 75.3 cm³/mol. The highest BCUT2D eigenvalue weighted by molar-refractivity contribution is 5.98. The molecule has 1 aromatic heterocycles. The second kappa shape index (κ2) is 5.71. The molecule has 0 bridgehead atoms. The molecule has 0 radical (unpaired) electrons. The molecule has 0 saturated carbocycles. The maximum Gasteiger partial charge on any atom is 0.254 e. The first-order valence-electron chi connectivity index (χ1n) is 6.25. The van der Waals surface area contributed by atoms with Gasteiger partial charge in [-0.2, -0.15) is 0 Å². The van der Waals surface area contributed by atoms with Crippen LogP contribution in [0.3, 0.4) is 0 Å². The summed E-state index contributed by atoms with van der Waals surface area (Å²) in [6, 6.07) is 0. The van der Waals surface area contributed by atoms with Crippen LogP contribution >= 0.6 is 0 Å². The Morgan fingerprint density at radius 2 is 1.83 bits per heavy atom. The first kappa shape index (κ1) is 14.3. The summed E-state index contributed by atoms with van der Waals surface area (Å²) in [6.07, 6.45) is 9.49. The van der Waals surface area contributed by atoms with E-state index in [0.717, 1.165) is 11.3 Å². The largest absolute Gasteiger partial charge is 0.463 e. The summed E-state index contributed by atoms with van der Waals surface area (Å²) >= 11 is 0. The van der Waals surface area contributed by atoms with Gasteiger partial charge in [0.05, 0.1) is 5.56 Å². The second-order valence-electron chi connectivity index (χ2n) is 4.49. The number of allylic oxidation sites excluding steroid dienone is 2. The van der Waals surface area contributed by atoms with Crippen molar-refractivity contribution in [2.24, 2.45) is 5.41 Å². The third kappa shape index (κ3) is 2.92. The van der Waals surface area contributed by atoms with E-state index in [4.69, 9.17) is 4.42 Å². The molecule has 1 N–H and O–H groups in total. The fourth-order valence-electron chi connectivity index (χ4n) is 1.64. The first-order chi connectivity index (χ1) is 8.53. The monoisotopic (exact) mass is 247 g/mol. The van der Waals surface area contributed by atoms with E-state index in [1.807, 2.05) is 26.0 Å². The number of fused-ring (bicyclic) bond motifs is 1. The number of rotatable bonds is 1. The van der Waals surface area contributed by atoms with Crippen molar-refractivity contribution in [2.75, 3.05) is 7.05 Å². The molecule has 0 aliphatic heterocycles. The van der Waals surface area contributed by atoms with Crippen molar-refractivity contribution in [2.45, 2.75) is 27.7 Å². The quantitative estimate of drug-likeness (QED) is 0.821. The van der Waals surface area contributed by atoms with Crippen molar-refractivity contribution in [3.05, 3.63) is 35.3 Å². The molecular formula is C15H21NO2. The van der Waals surface area contributed by atoms with Gasteiger partial charge in [0.2, 0.25) is 0 Å². The predicted octanol–water partition coefficient (Wildman–Crippen LogP) is 3.73. The van der Waals surface area contributed by atoms with Gasteiger partial charge >= 0.3 is 0 Å². The third-order valence-electron chi connectivity index (χ3n) is 2.67.